The highest BCUT2D eigenvalue weighted by Gasteiger charge is 2.07. The summed E-state index contributed by atoms with van der Waals surface area (Å²) in [4.78, 5) is 0. The number of hydrogen-bond donors (Lipinski definition) is 2. The molecule has 0 unspecified atom stereocenters. The predicted octanol–water partition coefficient (Wildman–Crippen LogP) is 5.86. The number of para-hydroxylation sites is 1. The third-order valence-electron chi connectivity index (χ3n) is 4.35. The molecule has 2 N–H and O–H groups in total. The SMILES string of the molecule is Cc1cccc(NC(=S)N/N=c2/oc3ccccc3cc2-c2ccc(Cl)cc2)c1. The van der Waals surface area contributed by atoms with Gasteiger partial charge >= 0.3 is 0 Å². The molecule has 4 nitrogen and oxygen atoms in total. The van der Waals surface area contributed by atoms with Gasteiger partial charge in [0.2, 0.25) is 5.55 Å². The highest BCUT2D eigenvalue weighted by Crippen LogP contribution is 2.22. The molecule has 0 radical (unpaired) electrons. The van der Waals surface area contributed by atoms with E-state index >= 15 is 0 Å². The normalized spacial score (nSPS) is 11.4. The molecular formula is C23H18ClN3OS. The van der Waals surface area contributed by atoms with Crippen LogP contribution in [0.2, 0.25) is 5.02 Å². The van der Waals surface area contributed by atoms with Gasteiger partial charge in [0.05, 0.1) is 0 Å². The van der Waals surface area contributed by atoms with Gasteiger partial charge in [-0.25, -0.2) is 5.43 Å². The maximum atomic E-state index is 6.05. The van der Waals surface area contributed by atoms with Crippen molar-refractivity contribution in [2.24, 2.45) is 5.10 Å². The lowest BCUT2D eigenvalue weighted by atomic mass is 10.1. The van der Waals surface area contributed by atoms with E-state index in [1.54, 1.807) is 0 Å². The molecule has 0 saturated heterocycles. The van der Waals surface area contributed by atoms with E-state index in [1.807, 2.05) is 85.8 Å². The molecule has 0 aliphatic rings. The number of benzene rings is 3. The second kappa shape index (κ2) is 8.47. The van der Waals surface area contributed by atoms with Crippen LogP contribution >= 0.6 is 23.8 Å². The van der Waals surface area contributed by atoms with Crippen LogP contribution in [-0.2, 0) is 0 Å². The molecule has 4 aromatic rings. The first kappa shape index (κ1) is 19.2. The molecule has 4 rings (SSSR count). The second-order valence-electron chi connectivity index (χ2n) is 6.56. The van der Waals surface area contributed by atoms with E-state index in [9.17, 15) is 0 Å². The number of halogens is 1. The highest BCUT2D eigenvalue weighted by molar-refractivity contribution is 7.80. The summed E-state index contributed by atoms with van der Waals surface area (Å²) in [6.45, 7) is 2.03. The maximum Gasteiger partial charge on any atom is 0.244 e. The van der Waals surface area contributed by atoms with Gasteiger partial charge in [-0.3, -0.25) is 0 Å². The summed E-state index contributed by atoms with van der Waals surface area (Å²) in [6, 6.07) is 25.3. The van der Waals surface area contributed by atoms with E-state index in [0.717, 1.165) is 33.3 Å². The highest BCUT2D eigenvalue weighted by atomic mass is 35.5. The Kier molecular flexibility index (Phi) is 5.60. The summed E-state index contributed by atoms with van der Waals surface area (Å²) < 4.78 is 6.05. The Morgan fingerprint density at radius 2 is 1.76 bits per heavy atom. The summed E-state index contributed by atoms with van der Waals surface area (Å²) in [5.74, 6) is 0. The number of nitrogens with zero attached hydrogens (tertiary/aromatic N) is 1. The lowest BCUT2D eigenvalue weighted by Gasteiger charge is -2.08. The smallest absolute Gasteiger partial charge is 0.244 e. The van der Waals surface area contributed by atoms with Gasteiger partial charge < -0.3 is 9.73 Å². The number of anilines is 1. The first-order valence-corrected chi connectivity index (χ1v) is 9.83. The van der Waals surface area contributed by atoms with Gasteiger partial charge in [-0.1, -0.05) is 54.1 Å². The van der Waals surface area contributed by atoms with Gasteiger partial charge in [0.25, 0.3) is 0 Å². The second-order valence-corrected chi connectivity index (χ2v) is 7.40. The first-order valence-electron chi connectivity index (χ1n) is 9.05. The third-order valence-corrected chi connectivity index (χ3v) is 4.79. The number of rotatable bonds is 3. The average molecular weight is 420 g/mol. The van der Waals surface area contributed by atoms with Crippen molar-refractivity contribution in [1.82, 2.24) is 5.43 Å². The predicted molar refractivity (Wildman–Crippen MR) is 123 cm³/mol. The van der Waals surface area contributed by atoms with Crippen molar-refractivity contribution in [1.29, 1.82) is 0 Å². The number of hydrogen-bond acceptors (Lipinski definition) is 3. The molecule has 0 bridgehead atoms. The maximum absolute atomic E-state index is 6.05. The minimum absolute atomic E-state index is 0.376. The number of nitrogens with one attached hydrogen (secondary N) is 2. The van der Waals surface area contributed by atoms with E-state index in [2.05, 4.69) is 15.8 Å². The minimum Gasteiger partial charge on any atom is -0.436 e. The van der Waals surface area contributed by atoms with Gasteiger partial charge in [0, 0.05) is 21.7 Å². The zero-order valence-corrected chi connectivity index (χ0v) is 17.2. The van der Waals surface area contributed by atoms with Gasteiger partial charge in [-0.15, -0.1) is 5.10 Å². The fourth-order valence-electron chi connectivity index (χ4n) is 2.97. The Balaban J connectivity index is 1.70. The van der Waals surface area contributed by atoms with Crippen molar-refractivity contribution < 1.29 is 4.42 Å². The fraction of sp³-hybridized carbons (Fsp3) is 0.0435. The van der Waals surface area contributed by atoms with Crippen LogP contribution in [0.25, 0.3) is 22.1 Å². The molecule has 6 heteroatoms. The van der Waals surface area contributed by atoms with Crippen LogP contribution in [0.4, 0.5) is 5.69 Å². The standard InChI is InChI=1S/C23H18ClN3OS/c1-15-5-4-7-19(13-15)25-23(29)27-26-22-20(16-9-11-18(24)12-10-16)14-17-6-2-3-8-21(17)28-22/h2-14H,1H3,(H2,25,27,29)/b26-22+. The van der Waals surface area contributed by atoms with Crippen LogP contribution < -0.4 is 16.3 Å². The van der Waals surface area contributed by atoms with E-state index in [4.69, 9.17) is 28.2 Å². The Morgan fingerprint density at radius 3 is 2.55 bits per heavy atom. The molecule has 0 aliphatic heterocycles. The van der Waals surface area contributed by atoms with E-state index in [-0.39, 0.29) is 0 Å². The molecule has 0 fully saturated rings. The quantitative estimate of drug-likeness (QED) is 0.322. The van der Waals surface area contributed by atoms with Crippen molar-refractivity contribution in [3.05, 3.63) is 95.0 Å². The van der Waals surface area contributed by atoms with Crippen LogP contribution in [0.15, 0.2) is 88.4 Å². The van der Waals surface area contributed by atoms with Crippen molar-refractivity contribution in [3.8, 4) is 11.1 Å². The van der Waals surface area contributed by atoms with Crippen molar-refractivity contribution in [2.75, 3.05) is 5.32 Å². The van der Waals surface area contributed by atoms with Crippen LogP contribution in [-0.4, -0.2) is 5.11 Å². The Morgan fingerprint density at radius 1 is 0.966 bits per heavy atom. The molecule has 0 aliphatic carbocycles. The van der Waals surface area contributed by atoms with E-state index < -0.39 is 0 Å². The van der Waals surface area contributed by atoms with Gasteiger partial charge in [-0.2, -0.15) is 0 Å². The van der Waals surface area contributed by atoms with Gasteiger partial charge in [0.1, 0.15) is 5.58 Å². The van der Waals surface area contributed by atoms with Crippen molar-refractivity contribution in [2.45, 2.75) is 6.92 Å². The summed E-state index contributed by atoms with van der Waals surface area (Å²) >= 11 is 11.4. The summed E-state index contributed by atoms with van der Waals surface area (Å²) in [6.07, 6.45) is 0. The fourth-order valence-corrected chi connectivity index (χ4v) is 3.26. The number of thiocarbonyl (C=S) groups is 1. The van der Waals surface area contributed by atoms with Crippen LogP contribution in [0.1, 0.15) is 5.56 Å². The van der Waals surface area contributed by atoms with Crippen LogP contribution in [0.5, 0.6) is 0 Å². The zero-order chi connectivity index (χ0) is 20.2. The van der Waals surface area contributed by atoms with Crippen LogP contribution in [0, 0.1) is 6.92 Å². The molecule has 0 saturated carbocycles. The van der Waals surface area contributed by atoms with Gasteiger partial charge in [0.15, 0.2) is 5.11 Å². The van der Waals surface area contributed by atoms with Crippen LogP contribution in [0.3, 0.4) is 0 Å². The molecule has 1 aromatic heterocycles. The molecule has 3 aromatic carbocycles. The Hall–Kier alpha value is -3.15. The monoisotopic (exact) mass is 419 g/mol. The van der Waals surface area contributed by atoms with E-state index in [1.165, 1.54) is 0 Å². The molecular weight excluding hydrogens is 402 g/mol. The Bertz CT molecular complexity index is 1250. The zero-order valence-electron chi connectivity index (χ0n) is 15.6. The molecule has 0 amide bonds. The first-order chi connectivity index (χ1) is 14.1. The lowest BCUT2D eigenvalue weighted by molar-refractivity contribution is 0.533. The van der Waals surface area contributed by atoms with E-state index in [0.29, 0.717) is 15.7 Å². The topological polar surface area (TPSA) is 49.6 Å². The summed E-state index contributed by atoms with van der Waals surface area (Å²) in [5.41, 5.74) is 7.87. The molecule has 0 spiro atoms. The number of fused-ring (bicyclic) bond motifs is 1. The van der Waals surface area contributed by atoms with Crippen molar-refractivity contribution in [3.63, 3.8) is 0 Å². The largest absolute Gasteiger partial charge is 0.436 e. The average Bonchev–Trinajstić information content (AvgIpc) is 2.72. The van der Waals surface area contributed by atoms with Gasteiger partial charge in [-0.05, 0) is 66.7 Å². The summed E-state index contributed by atoms with van der Waals surface area (Å²) in [5, 5.41) is 9.58. The summed E-state index contributed by atoms with van der Waals surface area (Å²) in [7, 11) is 0. The molecule has 0 atom stereocenters. The number of aryl methyl sites for hydroxylation is 1. The molecule has 144 valence electrons. The molecule has 1 heterocycles. The lowest BCUT2D eigenvalue weighted by Crippen LogP contribution is -2.26. The van der Waals surface area contributed by atoms with Crippen molar-refractivity contribution >= 4 is 45.6 Å². The Labute approximate surface area is 178 Å². The third kappa shape index (κ3) is 4.65. The molecule has 29 heavy (non-hydrogen) atoms. The minimum atomic E-state index is 0.376.